The Balaban J connectivity index is 2.22. The lowest BCUT2D eigenvalue weighted by atomic mass is 10.0. The van der Waals surface area contributed by atoms with Crippen molar-refractivity contribution in [3.63, 3.8) is 0 Å². The zero-order valence-electron chi connectivity index (χ0n) is 12.7. The summed E-state index contributed by atoms with van der Waals surface area (Å²) < 4.78 is 44.5. The van der Waals surface area contributed by atoms with Gasteiger partial charge in [-0.05, 0) is 24.1 Å². The van der Waals surface area contributed by atoms with Gasteiger partial charge in [-0.15, -0.1) is 0 Å². The first-order chi connectivity index (χ1) is 10.7. The monoisotopic (exact) mass is 330 g/mol. The number of methoxy groups -OCH3 is 1. The average molecular weight is 330 g/mol. The molecule has 0 saturated heterocycles. The average Bonchev–Trinajstić information content (AvgIpc) is 2.86. The molecule has 1 amide bonds. The van der Waals surface area contributed by atoms with Gasteiger partial charge in [0.25, 0.3) is 5.72 Å². The minimum absolute atomic E-state index is 0.132. The van der Waals surface area contributed by atoms with E-state index < -0.39 is 24.2 Å². The van der Waals surface area contributed by atoms with E-state index >= 15 is 0 Å². The first kappa shape index (κ1) is 17.3. The van der Waals surface area contributed by atoms with Crippen LogP contribution < -0.4 is 4.74 Å². The number of nitrogens with zero attached hydrogens (tertiary/aromatic N) is 2. The van der Waals surface area contributed by atoms with Crippen LogP contribution in [0.5, 0.6) is 5.75 Å². The van der Waals surface area contributed by atoms with E-state index in [0.29, 0.717) is 11.3 Å². The van der Waals surface area contributed by atoms with E-state index in [9.17, 15) is 23.1 Å². The molecule has 0 bridgehead atoms. The molecule has 1 heterocycles. The Morgan fingerprint density at radius 2 is 2.00 bits per heavy atom. The Morgan fingerprint density at radius 1 is 1.39 bits per heavy atom. The summed E-state index contributed by atoms with van der Waals surface area (Å²) in [6, 6.07) is 6.35. The summed E-state index contributed by atoms with van der Waals surface area (Å²) >= 11 is 0. The molecule has 0 aromatic heterocycles. The van der Waals surface area contributed by atoms with Gasteiger partial charge in [0.1, 0.15) is 5.75 Å². The molecule has 0 radical (unpaired) electrons. The van der Waals surface area contributed by atoms with Crippen molar-refractivity contribution in [1.82, 2.24) is 5.01 Å². The Hall–Kier alpha value is -2.09. The lowest BCUT2D eigenvalue weighted by Crippen LogP contribution is -2.57. The topological polar surface area (TPSA) is 62.1 Å². The maximum absolute atomic E-state index is 13.2. The number of hydrogen-bond donors (Lipinski definition) is 1. The van der Waals surface area contributed by atoms with Gasteiger partial charge >= 0.3 is 6.18 Å². The van der Waals surface area contributed by atoms with E-state index in [1.54, 1.807) is 31.2 Å². The van der Waals surface area contributed by atoms with Gasteiger partial charge in [0.15, 0.2) is 0 Å². The first-order valence-electron chi connectivity index (χ1n) is 7.02. The van der Waals surface area contributed by atoms with Gasteiger partial charge in [-0.25, -0.2) is 0 Å². The molecule has 5 nitrogen and oxygen atoms in total. The first-order valence-corrected chi connectivity index (χ1v) is 7.02. The van der Waals surface area contributed by atoms with Crippen LogP contribution in [0, 0.1) is 0 Å². The van der Waals surface area contributed by atoms with Crippen molar-refractivity contribution < 1.29 is 27.8 Å². The number of benzene rings is 1. The van der Waals surface area contributed by atoms with Gasteiger partial charge in [-0.1, -0.05) is 19.1 Å². The third-order valence-electron chi connectivity index (χ3n) is 3.66. The summed E-state index contributed by atoms with van der Waals surface area (Å²) in [5, 5.41) is 13.8. The van der Waals surface area contributed by atoms with Crippen LogP contribution in [0.25, 0.3) is 0 Å². The molecule has 0 saturated carbocycles. The summed E-state index contributed by atoms with van der Waals surface area (Å²) in [6.45, 7) is 1.62. The van der Waals surface area contributed by atoms with E-state index in [-0.39, 0.29) is 23.6 Å². The van der Waals surface area contributed by atoms with Gasteiger partial charge in [-0.2, -0.15) is 23.3 Å². The number of amides is 1. The predicted molar refractivity (Wildman–Crippen MR) is 76.9 cm³/mol. The normalized spacial score (nSPS) is 21.3. The molecule has 126 valence electrons. The second-order valence-corrected chi connectivity index (χ2v) is 5.24. The van der Waals surface area contributed by atoms with Gasteiger partial charge in [0.2, 0.25) is 5.91 Å². The van der Waals surface area contributed by atoms with E-state index in [1.807, 2.05) is 0 Å². The summed E-state index contributed by atoms with van der Waals surface area (Å²) in [5.41, 5.74) is -2.64. The van der Waals surface area contributed by atoms with Gasteiger partial charge in [0, 0.05) is 12.1 Å². The molecule has 0 fully saturated rings. The molecule has 2 rings (SSSR count). The van der Waals surface area contributed by atoms with Crippen molar-refractivity contribution in [2.45, 2.75) is 38.1 Å². The Morgan fingerprint density at radius 3 is 2.48 bits per heavy atom. The fourth-order valence-electron chi connectivity index (χ4n) is 2.29. The Kier molecular flexibility index (Phi) is 4.65. The summed E-state index contributed by atoms with van der Waals surface area (Å²) in [4.78, 5) is 12.2. The molecule has 1 aliphatic rings. The van der Waals surface area contributed by atoms with Crippen LogP contribution >= 0.6 is 0 Å². The number of ether oxygens (including phenoxy) is 1. The summed E-state index contributed by atoms with van der Waals surface area (Å²) in [5.74, 6) is -0.348. The molecular formula is C15H17F3N2O3. The molecule has 1 atom stereocenters. The minimum atomic E-state index is -4.98. The molecular weight excluding hydrogens is 313 g/mol. The lowest BCUT2D eigenvalue weighted by molar-refractivity contribution is -0.302. The van der Waals surface area contributed by atoms with E-state index in [4.69, 9.17) is 4.74 Å². The third kappa shape index (κ3) is 3.31. The maximum Gasteiger partial charge on any atom is 0.438 e. The van der Waals surface area contributed by atoms with E-state index in [2.05, 4.69) is 5.10 Å². The molecule has 23 heavy (non-hydrogen) atoms. The maximum atomic E-state index is 13.2. The van der Waals surface area contributed by atoms with Gasteiger partial charge in [-0.3, -0.25) is 4.79 Å². The zero-order chi connectivity index (χ0) is 17.3. The highest BCUT2D eigenvalue weighted by atomic mass is 19.4. The highest BCUT2D eigenvalue weighted by Crippen LogP contribution is 2.40. The van der Waals surface area contributed by atoms with Crippen LogP contribution in [-0.4, -0.2) is 40.7 Å². The van der Waals surface area contributed by atoms with Gasteiger partial charge < -0.3 is 9.84 Å². The molecule has 1 aliphatic heterocycles. The molecule has 0 aliphatic carbocycles. The largest absolute Gasteiger partial charge is 0.497 e. The number of hydrogen-bond acceptors (Lipinski definition) is 4. The molecule has 8 heteroatoms. The van der Waals surface area contributed by atoms with Crippen molar-refractivity contribution in [2.75, 3.05) is 7.11 Å². The molecule has 0 unspecified atom stereocenters. The van der Waals surface area contributed by atoms with Crippen LogP contribution in [0.15, 0.2) is 29.4 Å². The minimum Gasteiger partial charge on any atom is -0.497 e. The van der Waals surface area contributed by atoms with Crippen LogP contribution in [0.4, 0.5) is 13.2 Å². The van der Waals surface area contributed by atoms with Crippen LogP contribution in [-0.2, 0) is 11.2 Å². The fraction of sp³-hybridized carbons (Fsp3) is 0.467. The number of aliphatic hydroxyl groups is 1. The van der Waals surface area contributed by atoms with Crippen molar-refractivity contribution >= 4 is 11.6 Å². The van der Waals surface area contributed by atoms with E-state index in [0.717, 1.165) is 0 Å². The number of rotatable bonds is 4. The smallest absolute Gasteiger partial charge is 0.438 e. The second kappa shape index (κ2) is 6.19. The zero-order valence-corrected chi connectivity index (χ0v) is 12.7. The van der Waals surface area contributed by atoms with Crippen LogP contribution in [0.3, 0.4) is 0 Å². The number of hydrazone groups is 1. The third-order valence-corrected chi connectivity index (χ3v) is 3.66. The highest BCUT2D eigenvalue weighted by Gasteiger charge is 2.62. The predicted octanol–water partition coefficient (Wildman–Crippen LogP) is 2.49. The number of alkyl halides is 3. The fourth-order valence-corrected chi connectivity index (χ4v) is 2.29. The lowest BCUT2D eigenvalue weighted by Gasteiger charge is -2.32. The quantitative estimate of drug-likeness (QED) is 0.922. The Labute approximate surface area is 131 Å². The van der Waals surface area contributed by atoms with Gasteiger partial charge in [0.05, 0.1) is 13.5 Å². The van der Waals surface area contributed by atoms with Crippen LogP contribution in [0.2, 0.25) is 0 Å². The number of carbonyl (C=O) groups excluding carboxylic acids is 1. The number of halogens is 3. The summed E-state index contributed by atoms with van der Waals surface area (Å²) in [7, 11) is 1.48. The molecule has 1 N–H and O–H groups in total. The SMILES string of the molecule is CCC1=NN(C(=O)Cc2ccc(OC)cc2)[C@](O)(C(F)(F)F)C1. The van der Waals surface area contributed by atoms with Crippen molar-refractivity contribution in [3.05, 3.63) is 29.8 Å². The standard InChI is InChI=1S/C15H17F3N2O3/c1-3-11-9-14(22,15(16,17)18)20(19-11)13(21)8-10-4-6-12(23-2)7-5-10/h4-7,22H,3,8-9H2,1-2H3/t14-/m1/s1. The highest BCUT2D eigenvalue weighted by molar-refractivity contribution is 5.91. The van der Waals surface area contributed by atoms with Crippen molar-refractivity contribution in [1.29, 1.82) is 0 Å². The van der Waals surface area contributed by atoms with Crippen LogP contribution in [0.1, 0.15) is 25.3 Å². The van der Waals surface area contributed by atoms with E-state index in [1.165, 1.54) is 7.11 Å². The Bertz CT molecular complexity index is 613. The second-order valence-electron chi connectivity index (χ2n) is 5.24. The molecule has 1 aromatic carbocycles. The molecule has 1 aromatic rings. The summed E-state index contributed by atoms with van der Waals surface area (Å²) in [6.07, 6.45) is -5.78. The number of carbonyl (C=O) groups is 1. The van der Waals surface area contributed by atoms with Crippen molar-refractivity contribution in [2.24, 2.45) is 5.10 Å². The van der Waals surface area contributed by atoms with Crippen molar-refractivity contribution in [3.8, 4) is 5.75 Å². The molecule has 0 spiro atoms.